The van der Waals surface area contributed by atoms with Crippen molar-refractivity contribution in [2.75, 3.05) is 40.0 Å². The Bertz CT molecular complexity index is 728. The van der Waals surface area contributed by atoms with Gasteiger partial charge in [0.25, 0.3) is 0 Å². The SMILES string of the molecule is COc1cc(C)c2[nH]ccc2c1CN1CCC(OCC2CCOC2)CC1. The zero-order chi connectivity index (χ0) is 17.9. The number of rotatable bonds is 6. The van der Waals surface area contributed by atoms with Crippen molar-refractivity contribution in [1.82, 2.24) is 9.88 Å². The van der Waals surface area contributed by atoms with Crippen LogP contribution in [-0.2, 0) is 16.0 Å². The number of aromatic nitrogens is 1. The van der Waals surface area contributed by atoms with E-state index in [0.29, 0.717) is 12.0 Å². The number of piperidine rings is 1. The molecular weight excluding hydrogens is 328 g/mol. The molecule has 2 saturated heterocycles. The van der Waals surface area contributed by atoms with Gasteiger partial charge in [-0.15, -0.1) is 0 Å². The first kappa shape index (κ1) is 17.8. The maximum absolute atomic E-state index is 6.15. The molecule has 0 saturated carbocycles. The molecule has 0 radical (unpaired) electrons. The topological polar surface area (TPSA) is 46.7 Å². The van der Waals surface area contributed by atoms with Gasteiger partial charge in [-0.25, -0.2) is 0 Å². The van der Waals surface area contributed by atoms with Crippen LogP contribution in [-0.4, -0.2) is 56.0 Å². The van der Waals surface area contributed by atoms with Gasteiger partial charge in [-0.2, -0.15) is 0 Å². The number of aromatic amines is 1. The van der Waals surface area contributed by atoms with E-state index >= 15 is 0 Å². The Morgan fingerprint density at radius 1 is 1.27 bits per heavy atom. The smallest absolute Gasteiger partial charge is 0.124 e. The molecule has 4 rings (SSSR count). The van der Waals surface area contributed by atoms with Crippen molar-refractivity contribution in [3.63, 3.8) is 0 Å². The first-order valence-electron chi connectivity index (χ1n) is 9.80. The molecule has 142 valence electrons. The summed E-state index contributed by atoms with van der Waals surface area (Å²) in [7, 11) is 1.77. The quantitative estimate of drug-likeness (QED) is 0.858. The number of methoxy groups -OCH3 is 1. The van der Waals surface area contributed by atoms with Gasteiger partial charge in [0.15, 0.2) is 0 Å². The van der Waals surface area contributed by atoms with Crippen LogP contribution >= 0.6 is 0 Å². The summed E-state index contributed by atoms with van der Waals surface area (Å²) in [6, 6.07) is 4.31. The van der Waals surface area contributed by atoms with Crippen LogP contribution in [0.2, 0.25) is 0 Å². The maximum atomic E-state index is 6.15. The van der Waals surface area contributed by atoms with Gasteiger partial charge in [0.2, 0.25) is 0 Å². The van der Waals surface area contributed by atoms with Crippen LogP contribution < -0.4 is 4.74 Å². The van der Waals surface area contributed by atoms with Crippen LogP contribution in [0.1, 0.15) is 30.4 Å². The number of likely N-dealkylation sites (tertiary alicyclic amines) is 1. The zero-order valence-electron chi connectivity index (χ0n) is 15.9. The first-order valence-corrected chi connectivity index (χ1v) is 9.80. The van der Waals surface area contributed by atoms with Crippen LogP contribution in [0, 0.1) is 12.8 Å². The molecular formula is C21H30N2O3. The van der Waals surface area contributed by atoms with Crippen LogP contribution in [0.4, 0.5) is 0 Å². The molecule has 5 heteroatoms. The molecule has 1 aromatic heterocycles. The van der Waals surface area contributed by atoms with Gasteiger partial charge < -0.3 is 19.2 Å². The highest BCUT2D eigenvalue weighted by molar-refractivity contribution is 5.88. The van der Waals surface area contributed by atoms with Gasteiger partial charge in [0.05, 0.1) is 26.4 Å². The van der Waals surface area contributed by atoms with Gasteiger partial charge in [-0.1, -0.05) is 0 Å². The minimum atomic E-state index is 0.402. The largest absolute Gasteiger partial charge is 0.496 e. The lowest BCUT2D eigenvalue weighted by Gasteiger charge is -2.32. The van der Waals surface area contributed by atoms with E-state index in [2.05, 4.69) is 28.9 Å². The zero-order valence-corrected chi connectivity index (χ0v) is 15.9. The second kappa shape index (κ2) is 7.99. The van der Waals surface area contributed by atoms with Crippen LogP contribution in [0.5, 0.6) is 5.75 Å². The first-order chi connectivity index (χ1) is 12.7. The molecule has 0 amide bonds. The van der Waals surface area contributed by atoms with E-state index in [9.17, 15) is 0 Å². The number of nitrogens with one attached hydrogen (secondary N) is 1. The summed E-state index contributed by atoms with van der Waals surface area (Å²) in [5.41, 5.74) is 3.74. The van der Waals surface area contributed by atoms with Crippen molar-refractivity contribution in [3.8, 4) is 5.75 Å². The Morgan fingerprint density at radius 2 is 2.12 bits per heavy atom. The summed E-state index contributed by atoms with van der Waals surface area (Å²) in [5, 5.41) is 1.28. The van der Waals surface area contributed by atoms with Gasteiger partial charge in [0, 0.05) is 54.8 Å². The number of nitrogens with zero attached hydrogens (tertiary/aromatic N) is 1. The minimum absolute atomic E-state index is 0.402. The van der Waals surface area contributed by atoms with Gasteiger partial charge in [0.1, 0.15) is 5.75 Å². The molecule has 3 heterocycles. The molecule has 26 heavy (non-hydrogen) atoms. The third kappa shape index (κ3) is 3.75. The standard InChI is InChI=1S/C21H30N2O3/c1-15-11-20(24-2)19(18-3-7-22-21(15)18)12-23-8-4-17(5-9-23)26-14-16-6-10-25-13-16/h3,7,11,16-17,22H,4-6,8-10,12-14H2,1-2H3. The van der Waals surface area contributed by atoms with Gasteiger partial charge >= 0.3 is 0 Å². The highest BCUT2D eigenvalue weighted by Crippen LogP contribution is 2.32. The molecule has 1 aromatic carbocycles. The summed E-state index contributed by atoms with van der Waals surface area (Å²) in [6.45, 7) is 7.85. The molecule has 0 spiro atoms. The monoisotopic (exact) mass is 358 g/mol. The van der Waals surface area contributed by atoms with E-state index < -0.39 is 0 Å². The number of hydrogen-bond acceptors (Lipinski definition) is 4. The summed E-state index contributed by atoms with van der Waals surface area (Å²) >= 11 is 0. The third-order valence-electron chi connectivity index (χ3n) is 5.84. The molecule has 1 unspecified atom stereocenters. The normalized spacial score (nSPS) is 22.3. The van der Waals surface area contributed by atoms with E-state index in [1.165, 1.54) is 22.0 Å². The number of aryl methyl sites for hydroxylation is 1. The second-order valence-electron chi connectivity index (χ2n) is 7.68. The second-order valence-corrected chi connectivity index (χ2v) is 7.68. The fraction of sp³-hybridized carbons (Fsp3) is 0.619. The Morgan fingerprint density at radius 3 is 2.85 bits per heavy atom. The number of hydrogen-bond donors (Lipinski definition) is 1. The molecule has 2 fully saturated rings. The van der Waals surface area contributed by atoms with Crippen molar-refractivity contribution >= 4 is 10.9 Å². The van der Waals surface area contributed by atoms with Crippen LogP contribution in [0.15, 0.2) is 18.3 Å². The number of benzene rings is 1. The molecule has 2 aliphatic rings. The Kier molecular flexibility index (Phi) is 5.48. The maximum Gasteiger partial charge on any atom is 0.124 e. The average molecular weight is 358 g/mol. The van der Waals surface area contributed by atoms with Crippen molar-refractivity contribution in [3.05, 3.63) is 29.5 Å². The third-order valence-corrected chi connectivity index (χ3v) is 5.84. The average Bonchev–Trinajstić information content (AvgIpc) is 3.35. The lowest BCUT2D eigenvalue weighted by Crippen LogP contribution is -2.37. The highest BCUT2D eigenvalue weighted by Gasteiger charge is 2.24. The Labute approximate surface area is 155 Å². The van der Waals surface area contributed by atoms with E-state index in [4.69, 9.17) is 14.2 Å². The fourth-order valence-corrected chi connectivity index (χ4v) is 4.23. The molecule has 2 aliphatic heterocycles. The van der Waals surface area contributed by atoms with Gasteiger partial charge in [-0.05, 0) is 43.9 Å². The molecule has 0 aliphatic carbocycles. The fourth-order valence-electron chi connectivity index (χ4n) is 4.23. The van der Waals surface area contributed by atoms with Crippen molar-refractivity contribution in [1.29, 1.82) is 0 Å². The lowest BCUT2D eigenvalue weighted by atomic mass is 10.0. The lowest BCUT2D eigenvalue weighted by molar-refractivity contribution is -0.0117. The predicted molar refractivity (Wildman–Crippen MR) is 103 cm³/mol. The molecule has 2 aromatic rings. The van der Waals surface area contributed by atoms with E-state index in [-0.39, 0.29) is 0 Å². The van der Waals surface area contributed by atoms with Crippen molar-refractivity contribution < 1.29 is 14.2 Å². The van der Waals surface area contributed by atoms with Crippen LogP contribution in [0.25, 0.3) is 10.9 Å². The number of H-pyrrole nitrogens is 1. The minimum Gasteiger partial charge on any atom is -0.496 e. The van der Waals surface area contributed by atoms with Crippen molar-refractivity contribution in [2.45, 2.75) is 38.8 Å². The Balaban J connectivity index is 1.36. The van der Waals surface area contributed by atoms with Crippen LogP contribution in [0.3, 0.4) is 0 Å². The molecule has 5 nitrogen and oxygen atoms in total. The molecule has 0 bridgehead atoms. The Hall–Kier alpha value is -1.56. The highest BCUT2D eigenvalue weighted by atomic mass is 16.5. The van der Waals surface area contributed by atoms with E-state index in [1.807, 2.05) is 6.20 Å². The molecule has 1 atom stereocenters. The molecule has 1 N–H and O–H groups in total. The summed E-state index contributed by atoms with van der Waals surface area (Å²) in [5.74, 6) is 1.60. The van der Waals surface area contributed by atoms with Gasteiger partial charge in [-0.3, -0.25) is 4.90 Å². The predicted octanol–water partition coefficient (Wildman–Crippen LogP) is 3.50. The summed E-state index contributed by atoms with van der Waals surface area (Å²) in [4.78, 5) is 5.89. The number of fused-ring (bicyclic) bond motifs is 1. The van der Waals surface area contributed by atoms with Crippen molar-refractivity contribution in [2.24, 2.45) is 5.92 Å². The summed E-state index contributed by atoms with van der Waals surface area (Å²) < 4.78 is 17.3. The number of ether oxygens (including phenoxy) is 3. The van der Waals surface area contributed by atoms with E-state index in [0.717, 1.165) is 64.5 Å². The summed E-state index contributed by atoms with van der Waals surface area (Å²) in [6.07, 6.45) is 5.79. The van der Waals surface area contributed by atoms with E-state index in [1.54, 1.807) is 7.11 Å².